The lowest BCUT2D eigenvalue weighted by Gasteiger charge is -2.20. The van der Waals surface area contributed by atoms with E-state index < -0.39 is 5.97 Å². The summed E-state index contributed by atoms with van der Waals surface area (Å²) in [4.78, 5) is 35.4. The first kappa shape index (κ1) is 20.5. The second-order valence-corrected chi connectivity index (χ2v) is 8.29. The first-order valence-electron chi connectivity index (χ1n) is 9.85. The molecule has 2 heterocycles. The highest BCUT2D eigenvalue weighted by Crippen LogP contribution is 2.49. The normalized spacial score (nSPS) is 34.3. The predicted molar refractivity (Wildman–Crippen MR) is 102 cm³/mol. The number of hydrogen-bond donors (Lipinski definition) is 0. The van der Waals surface area contributed by atoms with Crippen LogP contribution in [0.2, 0.25) is 0 Å². The number of hydrogen-bond acceptors (Lipinski definition) is 6. The Hall–Kier alpha value is -2.21. The van der Waals surface area contributed by atoms with E-state index in [1.165, 1.54) is 12.2 Å². The molecule has 0 spiro atoms. The Balaban J connectivity index is 1.62. The molecule has 6 nitrogen and oxygen atoms in total. The van der Waals surface area contributed by atoms with E-state index in [2.05, 4.69) is 12.7 Å². The molecular formula is C22H28O6. The molecule has 4 atom stereocenters. The molecule has 0 aromatic heterocycles. The van der Waals surface area contributed by atoms with Crippen molar-refractivity contribution in [2.24, 2.45) is 11.8 Å². The predicted octanol–water partition coefficient (Wildman–Crippen LogP) is 3.07. The van der Waals surface area contributed by atoms with Gasteiger partial charge in [0.1, 0.15) is 18.8 Å². The van der Waals surface area contributed by atoms with Crippen molar-refractivity contribution in [1.82, 2.24) is 0 Å². The van der Waals surface area contributed by atoms with E-state index in [1.54, 1.807) is 13.8 Å². The molecule has 0 saturated carbocycles. The third-order valence-electron chi connectivity index (χ3n) is 5.79. The highest BCUT2D eigenvalue weighted by molar-refractivity contribution is 5.96. The van der Waals surface area contributed by atoms with Crippen LogP contribution in [0.1, 0.15) is 46.5 Å². The van der Waals surface area contributed by atoms with Crippen molar-refractivity contribution in [3.63, 3.8) is 0 Å². The van der Waals surface area contributed by atoms with Crippen LogP contribution in [0.5, 0.6) is 0 Å². The molecular weight excluding hydrogens is 360 g/mol. The van der Waals surface area contributed by atoms with E-state index in [0.717, 1.165) is 18.4 Å². The summed E-state index contributed by atoms with van der Waals surface area (Å²) in [5.74, 6) is -1.23. The lowest BCUT2D eigenvalue weighted by Crippen LogP contribution is -2.29. The third kappa shape index (κ3) is 4.43. The number of carbonyl (C=O) groups excluding carboxylic acids is 3. The fourth-order valence-corrected chi connectivity index (χ4v) is 3.81. The summed E-state index contributed by atoms with van der Waals surface area (Å²) >= 11 is 0. The zero-order chi connectivity index (χ0) is 20.5. The van der Waals surface area contributed by atoms with E-state index in [1.807, 2.05) is 6.92 Å². The summed E-state index contributed by atoms with van der Waals surface area (Å²) in [5.41, 5.74) is 1.20. The smallest absolute Gasteiger partial charge is 0.334 e. The Labute approximate surface area is 165 Å². The molecule has 152 valence electrons. The maximum Gasteiger partial charge on any atom is 0.334 e. The molecule has 2 fully saturated rings. The van der Waals surface area contributed by atoms with Gasteiger partial charge < -0.3 is 14.2 Å². The summed E-state index contributed by atoms with van der Waals surface area (Å²) in [6.45, 7) is 9.65. The maximum atomic E-state index is 12.0. The van der Waals surface area contributed by atoms with Gasteiger partial charge in [0, 0.05) is 23.5 Å². The summed E-state index contributed by atoms with van der Waals surface area (Å²) < 4.78 is 16.7. The van der Waals surface area contributed by atoms with E-state index >= 15 is 0 Å². The van der Waals surface area contributed by atoms with Crippen molar-refractivity contribution in [1.29, 1.82) is 0 Å². The van der Waals surface area contributed by atoms with Gasteiger partial charge in [-0.3, -0.25) is 4.79 Å². The first-order valence-corrected chi connectivity index (χ1v) is 9.85. The molecule has 3 rings (SSSR count). The standard InChI is InChI=1S/C22H28O6/c1-13(2)17(23)9-10-18(24)26-12-15-6-5-11-22(4)20(28-22)19-16(8-7-15)14(3)21(25)27-19/h6,9-10,13,16,19-20H,3,5,7-8,11-12H2,1-2,4H3/b10-9+,15-6+/t16-,19-,20-,22+/m0/s1. The van der Waals surface area contributed by atoms with E-state index in [-0.39, 0.29) is 48.0 Å². The lowest BCUT2D eigenvalue weighted by molar-refractivity contribution is -0.140. The van der Waals surface area contributed by atoms with Crippen LogP contribution in [0.15, 0.2) is 36.0 Å². The van der Waals surface area contributed by atoms with E-state index in [9.17, 15) is 14.4 Å². The number of allylic oxidation sites excluding steroid dienone is 2. The molecule has 2 saturated heterocycles. The van der Waals surface area contributed by atoms with Crippen LogP contribution in [0.25, 0.3) is 0 Å². The fraction of sp³-hybridized carbons (Fsp3) is 0.591. The average molecular weight is 388 g/mol. The summed E-state index contributed by atoms with van der Waals surface area (Å²) in [6, 6.07) is 0. The quantitative estimate of drug-likeness (QED) is 0.312. The molecule has 3 aliphatic rings. The van der Waals surface area contributed by atoms with Crippen LogP contribution < -0.4 is 0 Å². The third-order valence-corrected chi connectivity index (χ3v) is 5.79. The Morgan fingerprint density at radius 2 is 2.14 bits per heavy atom. The molecule has 6 heteroatoms. The first-order chi connectivity index (χ1) is 13.2. The molecule has 28 heavy (non-hydrogen) atoms. The fourth-order valence-electron chi connectivity index (χ4n) is 3.81. The minimum Gasteiger partial charge on any atom is -0.458 e. The van der Waals surface area contributed by atoms with Gasteiger partial charge in [0.2, 0.25) is 0 Å². The van der Waals surface area contributed by atoms with Crippen LogP contribution in [0.3, 0.4) is 0 Å². The van der Waals surface area contributed by atoms with Crippen LogP contribution in [0.4, 0.5) is 0 Å². The monoisotopic (exact) mass is 388 g/mol. The van der Waals surface area contributed by atoms with Crippen molar-refractivity contribution in [2.75, 3.05) is 6.61 Å². The van der Waals surface area contributed by atoms with Crippen LogP contribution >= 0.6 is 0 Å². The van der Waals surface area contributed by atoms with Crippen LogP contribution in [-0.2, 0) is 28.6 Å². The molecule has 0 aromatic carbocycles. The summed E-state index contributed by atoms with van der Waals surface area (Å²) in [7, 11) is 0. The minimum atomic E-state index is -0.536. The van der Waals surface area contributed by atoms with Gasteiger partial charge in [-0.25, -0.2) is 9.59 Å². The van der Waals surface area contributed by atoms with Gasteiger partial charge in [0.25, 0.3) is 0 Å². The largest absolute Gasteiger partial charge is 0.458 e. The average Bonchev–Trinajstić information content (AvgIpc) is 3.24. The van der Waals surface area contributed by atoms with Crippen molar-refractivity contribution in [2.45, 2.75) is 64.3 Å². The van der Waals surface area contributed by atoms with Gasteiger partial charge >= 0.3 is 11.9 Å². The molecule has 0 unspecified atom stereocenters. The Morgan fingerprint density at radius 1 is 1.39 bits per heavy atom. The zero-order valence-corrected chi connectivity index (χ0v) is 16.7. The summed E-state index contributed by atoms with van der Waals surface area (Å²) in [6.07, 6.45) is 7.15. The van der Waals surface area contributed by atoms with Crippen LogP contribution in [0, 0.1) is 11.8 Å². The second kappa shape index (κ2) is 8.03. The number of ether oxygens (including phenoxy) is 3. The number of carbonyl (C=O) groups is 3. The Bertz CT molecular complexity index is 746. The van der Waals surface area contributed by atoms with E-state index in [0.29, 0.717) is 18.4 Å². The highest BCUT2D eigenvalue weighted by Gasteiger charge is 2.61. The molecule has 0 N–H and O–H groups in total. The Kier molecular flexibility index (Phi) is 5.89. The number of esters is 2. The molecule has 0 radical (unpaired) electrons. The topological polar surface area (TPSA) is 82.2 Å². The lowest BCUT2D eigenvalue weighted by atomic mass is 9.84. The van der Waals surface area contributed by atoms with Crippen molar-refractivity contribution in [3.05, 3.63) is 36.0 Å². The maximum absolute atomic E-state index is 12.0. The highest BCUT2D eigenvalue weighted by atomic mass is 16.6. The van der Waals surface area contributed by atoms with Gasteiger partial charge in [0.15, 0.2) is 5.78 Å². The number of rotatable bonds is 5. The zero-order valence-electron chi connectivity index (χ0n) is 16.7. The molecule has 0 aromatic rings. The van der Waals surface area contributed by atoms with Gasteiger partial charge in [0.05, 0.1) is 5.60 Å². The SMILES string of the molecule is C=C1C(=O)O[C@H]2[C@H]1CC/C(COC(=O)/C=C/C(=O)C(C)C)=C\CC[C@@]1(C)O[C@@H]21. The number of fused-ring (bicyclic) bond motifs is 3. The second-order valence-electron chi connectivity index (χ2n) is 8.29. The van der Waals surface area contributed by atoms with Crippen LogP contribution in [-0.4, -0.2) is 42.1 Å². The van der Waals surface area contributed by atoms with Gasteiger partial charge in [-0.05, 0) is 44.3 Å². The van der Waals surface area contributed by atoms with E-state index in [4.69, 9.17) is 14.2 Å². The molecule has 0 bridgehead atoms. The minimum absolute atomic E-state index is 0.0721. The Morgan fingerprint density at radius 3 is 2.86 bits per heavy atom. The van der Waals surface area contributed by atoms with Crippen molar-refractivity contribution < 1.29 is 28.6 Å². The van der Waals surface area contributed by atoms with Gasteiger partial charge in [-0.1, -0.05) is 26.5 Å². The van der Waals surface area contributed by atoms with Gasteiger partial charge in [-0.2, -0.15) is 0 Å². The molecule has 0 amide bonds. The van der Waals surface area contributed by atoms with Gasteiger partial charge in [-0.15, -0.1) is 0 Å². The number of epoxide rings is 1. The van der Waals surface area contributed by atoms with Crippen molar-refractivity contribution in [3.8, 4) is 0 Å². The number of ketones is 1. The molecule has 1 aliphatic carbocycles. The summed E-state index contributed by atoms with van der Waals surface area (Å²) in [5, 5.41) is 0. The molecule has 2 aliphatic heterocycles. The van der Waals surface area contributed by atoms with Crippen molar-refractivity contribution >= 4 is 17.7 Å².